The quantitative estimate of drug-likeness (QED) is 0.539. The van der Waals surface area contributed by atoms with Crippen LogP contribution in [0, 0.1) is 5.92 Å². The van der Waals surface area contributed by atoms with Gasteiger partial charge in [0, 0.05) is 6.54 Å². The smallest absolute Gasteiger partial charge is 0.322 e. The summed E-state index contributed by atoms with van der Waals surface area (Å²) in [6.07, 6.45) is 0. The zero-order valence-electron chi connectivity index (χ0n) is 7.59. The first-order valence-electron chi connectivity index (χ1n) is 3.86. The van der Waals surface area contributed by atoms with E-state index in [0.717, 1.165) is 0 Å². The van der Waals surface area contributed by atoms with E-state index in [1.807, 2.05) is 13.8 Å². The standard InChI is InChI=1S/C7H13N3O2.ClH/c1-4(2)7(3-8)5(11)9-6(12)10-7;/h4H,3,8H2,1-2H3,(H2,9,10,11,12);1H. The molecule has 0 bridgehead atoms. The Labute approximate surface area is 82.8 Å². The zero-order valence-corrected chi connectivity index (χ0v) is 8.40. The summed E-state index contributed by atoms with van der Waals surface area (Å²) >= 11 is 0. The minimum Gasteiger partial charge on any atom is -0.328 e. The van der Waals surface area contributed by atoms with Gasteiger partial charge in [-0.1, -0.05) is 13.8 Å². The van der Waals surface area contributed by atoms with Gasteiger partial charge in [-0.2, -0.15) is 0 Å². The van der Waals surface area contributed by atoms with E-state index >= 15 is 0 Å². The van der Waals surface area contributed by atoms with Crippen LogP contribution in [-0.4, -0.2) is 24.0 Å². The molecule has 1 unspecified atom stereocenters. The molecule has 13 heavy (non-hydrogen) atoms. The fourth-order valence-corrected chi connectivity index (χ4v) is 1.29. The van der Waals surface area contributed by atoms with Crippen molar-refractivity contribution in [2.24, 2.45) is 11.7 Å². The molecule has 6 heteroatoms. The lowest BCUT2D eigenvalue weighted by Gasteiger charge is -2.28. The van der Waals surface area contributed by atoms with Gasteiger partial charge in [-0.3, -0.25) is 10.1 Å². The van der Waals surface area contributed by atoms with Crippen LogP contribution in [0.4, 0.5) is 4.79 Å². The number of halogens is 1. The van der Waals surface area contributed by atoms with Crippen molar-refractivity contribution in [2.45, 2.75) is 19.4 Å². The lowest BCUT2D eigenvalue weighted by atomic mass is 9.87. The molecule has 0 aromatic rings. The summed E-state index contributed by atoms with van der Waals surface area (Å²) in [5, 5.41) is 4.71. The summed E-state index contributed by atoms with van der Waals surface area (Å²) < 4.78 is 0. The first kappa shape index (κ1) is 12.2. The maximum Gasteiger partial charge on any atom is 0.322 e. The molecule has 0 saturated carbocycles. The second kappa shape index (κ2) is 3.93. The summed E-state index contributed by atoms with van der Waals surface area (Å²) in [4.78, 5) is 22.1. The molecule has 0 spiro atoms. The Hall–Kier alpha value is -0.810. The van der Waals surface area contributed by atoms with E-state index in [-0.39, 0.29) is 30.8 Å². The van der Waals surface area contributed by atoms with Gasteiger partial charge in [-0.15, -0.1) is 12.4 Å². The molecule has 1 fully saturated rings. The van der Waals surface area contributed by atoms with Crippen LogP contribution in [0.5, 0.6) is 0 Å². The molecule has 0 aromatic heterocycles. The molecular formula is C7H14ClN3O2. The molecule has 0 radical (unpaired) electrons. The average Bonchev–Trinajstić information content (AvgIpc) is 2.26. The topological polar surface area (TPSA) is 84.2 Å². The van der Waals surface area contributed by atoms with Gasteiger partial charge in [-0.05, 0) is 5.92 Å². The van der Waals surface area contributed by atoms with Crippen molar-refractivity contribution in [3.63, 3.8) is 0 Å². The SMILES string of the molecule is CC(C)C1(CN)NC(=O)NC1=O.Cl. The molecule has 1 atom stereocenters. The van der Waals surface area contributed by atoms with E-state index in [0.29, 0.717) is 0 Å². The van der Waals surface area contributed by atoms with Gasteiger partial charge in [0.2, 0.25) is 0 Å². The number of nitrogens with one attached hydrogen (secondary N) is 2. The number of amides is 3. The summed E-state index contributed by atoms with van der Waals surface area (Å²) in [6, 6.07) is -0.459. The number of rotatable bonds is 2. The molecule has 4 N–H and O–H groups in total. The molecule has 1 saturated heterocycles. The predicted molar refractivity (Wildman–Crippen MR) is 50.5 cm³/mol. The van der Waals surface area contributed by atoms with Gasteiger partial charge in [0.25, 0.3) is 5.91 Å². The highest BCUT2D eigenvalue weighted by atomic mass is 35.5. The van der Waals surface area contributed by atoms with Crippen LogP contribution >= 0.6 is 12.4 Å². The summed E-state index contributed by atoms with van der Waals surface area (Å²) in [5.74, 6) is -0.334. The Bertz CT molecular complexity index is 232. The van der Waals surface area contributed by atoms with Gasteiger partial charge in [0.15, 0.2) is 0 Å². The fourth-order valence-electron chi connectivity index (χ4n) is 1.29. The van der Waals surface area contributed by atoms with Crippen molar-refractivity contribution < 1.29 is 9.59 Å². The highest BCUT2D eigenvalue weighted by Crippen LogP contribution is 2.19. The van der Waals surface area contributed by atoms with Crippen molar-refractivity contribution in [1.82, 2.24) is 10.6 Å². The normalized spacial score (nSPS) is 26.8. The minimum atomic E-state index is -0.906. The van der Waals surface area contributed by atoms with Gasteiger partial charge in [-0.25, -0.2) is 4.79 Å². The molecule has 0 aromatic carbocycles. The average molecular weight is 208 g/mol. The van der Waals surface area contributed by atoms with Gasteiger partial charge >= 0.3 is 6.03 Å². The highest BCUT2D eigenvalue weighted by molar-refractivity contribution is 6.07. The summed E-state index contributed by atoms with van der Waals surface area (Å²) in [7, 11) is 0. The minimum absolute atomic E-state index is 0. The molecule has 76 valence electrons. The number of hydrogen-bond acceptors (Lipinski definition) is 3. The molecule has 1 rings (SSSR count). The Balaban J connectivity index is 0.00000144. The van der Waals surface area contributed by atoms with Gasteiger partial charge < -0.3 is 11.1 Å². The van der Waals surface area contributed by atoms with Gasteiger partial charge in [0.05, 0.1) is 0 Å². The second-order valence-electron chi connectivity index (χ2n) is 3.24. The van der Waals surface area contributed by atoms with Crippen LogP contribution < -0.4 is 16.4 Å². The number of nitrogens with two attached hydrogens (primary N) is 1. The highest BCUT2D eigenvalue weighted by Gasteiger charge is 2.47. The van der Waals surface area contributed by atoms with E-state index in [1.165, 1.54) is 0 Å². The summed E-state index contributed by atoms with van der Waals surface area (Å²) in [5.41, 5.74) is 4.54. The summed E-state index contributed by atoms with van der Waals surface area (Å²) in [6.45, 7) is 3.82. The van der Waals surface area contributed by atoms with Crippen molar-refractivity contribution in [1.29, 1.82) is 0 Å². The number of hydrogen-bond donors (Lipinski definition) is 3. The first-order valence-corrected chi connectivity index (χ1v) is 3.86. The number of carbonyl (C=O) groups is 2. The van der Waals surface area contributed by atoms with Crippen LogP contribution in [0.15, 0.2) is 0 Å². The van der Waals surface area contributed by atoms with Crippen LogP contribution in [0.3, 0.4) is 0 Å². The fraction of sp³-hybridized carbons (Fsp3) is 0.714. The third-order valence-corrected chi connectivity index (χ3v) is 2.28. The van der Waals surface area contributed by atoms with Gasteiger partial charge in [0.1, 0.15) is 5.54 Å². The zero-order chi connectivity index (χ0) is 9.35. The molecular weight excluding hydrogens is 194 g/mol. The maximum absolute atomic E-state index is 11.3. The van der Waals surface area contributed by atoms with Crippen molar-refractivity contribution in [3.05, 3.63) is 0 Å². The van der Waals surface area contributed by atoms with Crippen LogP contribution in [0.25, 0.3) is 0 Å². The van der Waals surface area contributed by atoms with E-state index < -0.39 is 11.6 Å². The lowest BCUT2D eigenvalue weighted by molar-refractivity contribution is -0.125. The van der Waals surface area contributed by atoms with E-state index in [2.05, 4.69) is 10.6 Å². The number of carbonyl (C=O) groups excluding carboxylic acids is 2. The van der Waals surface area contributed by atoms with E-state index in [1.54, 1.807) is 0 Å². The van der Waals surface area contributed by atoms with E-state index in [9.17, 15) is 9.59 Å². The van der Waals surface area contributed by atoms with E-state index in [4.69, 9.17) is 5.73 Å². The monoisotopic (exact) mass is 207 g/mol. The van der Waals surface area contributed by atoms with Crippen molar-refractivity contribution in [2.75, 3.05) is 6.54 Å². The number of imide groups is 1. The maximum atomic E-state index is 11.3. The molecule has 3 amide bonds. The van der Waals surface area contributed by atoms with Crippen LogP contribution in [0.2, 0.25) is 0 Å². The Kier molecular flexibility index (Phi) is 3.69. The first-order chi connectivity index (χ1) is 5.53. The molecule has 5 nitrogen and oxygen atoms in total. The number of urea groups is 1. The third kappa shape index (κ3) is 1.76. The molecule has 1 heterocycles. The Morgan fingerprint density at radius 2 is 2.00 bits per heavy atom. The largest absolute Gasteiger partial charge is 0.328 e. The predicted octanol–water partition coefficient (Wildman–Crippen LogP) is -0.399. The Morgan fingerprint density at radius 1 is 1.46 bits per heavy atom. The Morgan fingerprint density at radius 3 is 2.15 bits per heavy atom. The van der Waals surface area contributed by atoms with Crippen LogP contribution in [-0.2, 0) is 4.79 Å². The molecule has 1 aliphatic heterocycles. The molecule has 1 aliphatic rings. The second-order valence-corrected chi connectivity index (χ2v) is 3.24. The van der Waals surface area contributed by atoms with Crippen LogP contribution in [0.1, 0.15) is 13.8 Å². The molecule has 0 aliphatic carbocycles. The third-order valence-electron chi connectivity index (χ3n) is 2.28. The van der Waals surface area contributed by atoms with Crippen molar-refractivity contribution in [3.8, 4) is 0 Å². The van der Waals surface area contributed by atoms with Crippen molar-refractivity contribution >= 4 is 24.3 Å². The lowest BCUT2D eigenvalue weighted by Crippen LogP contribution is -2.56.